The molecular formula is C21H23N3O3S. The van der Waals surface area contributed by atoms with Gasteiger partial charge in [0.15, 0.2) is 0 Å². The van der Waals surface area contributed by atoms with E-state index in [4.69, 9.17) is 4.74 Å². The van der Waals surface area contributed by atoms with Crippen LogP contribution in [-0.4, -0.2) is 22.1 Å². The Hall–Kier alpha value is -2.67. The van der Waals surface area contributed by atoms with E-state index in [-0.39, 0.29) is 18.0 Å². The van der Waals surface area contributed by atoms with Crippen LogP contribution in [0.25, 0.3) is 10.2 Å². The molecule has 0 fully saturated rings. The molecule has 1 N–H and O–H groups in total. The van der Waals surface area contributed by atoms with Crippen molar-refractivity contribution in [3.63, 3.8) is 0 Å². The maximum Gasteiger partial charge on any atom is 0.263 e. The van der Waals surface area contributed by atoms with Crippen LogP contribution in [0.15, 0.2) is 29.1 Å². The van der Waals surface area contributed by atoms with Gasteiger partial charge in [-0.2, -0.15) is 0 Å². The van der Waals surface area contributed by atoms with Crippen molar-refractivity contribution in [2.24, 2.45) is 0 Å². The standard InChI is InChI=1S/C21H23N3O3S/c1-3-27-16-10-6-5-9-15(16)23-18(25)12-24-13(2)22-20-19(21(24)26)14-8-4-7-11-17(14)28-20/h5-6,9-10H,3-4,7-8,11-12H2,1-2H3,(H,23,25). The fourth-order valence-electron chi connectivity index (χ4n) is 3.71. The molecule has 0 unspecified atom stereocenters. The fourth-order valence-corrected chi connectivity index (χ4v) is 5.01. The number of rotatable bonds is 5. The van der Waals surface area contributed by atoms with Gasteiger partial charge in [-0.1, -0.05) is 12.1 Å². The molecule has 0 aliphatic heterocycles. The zero-order valence-corrected chi connectivity index (χ0v) is 16.9. The second-order valence-electron chi connectivity index (χ2n) is 6.92. The minimum atomic E-state index is -0.275. The van der Waals surface area contributed by atoms with Crippen LogP contribution < -0.4 is 15.6 Å². The normalized spacial score (nSPS) is 13.4. The number of nitrogens with zero attached hydrogens (tertiary/aromatic N) is 2. The van der Waals surface area contributed by atoms with Crippen LogP contribution in [-0.2, 0) is 24.2 Å². The first-order chi connectivity index (χ1) is 13.6. The SMILES string of the molecule is CCOc1ccccc1NC(=O)Cn1c(C)nc2sc3c(c2c1=O)CCCC3. The van der Waals surface area contributed by atoms with E-state index in [1.807, 2.05) is 25.1 Å². The number of hydrogen-bond donors (Lipinski definition) is 1. The van der Waals surface area contributed by atoms with Gasteiger partial charge in [-0.25, -0.2) is 4.98 Å². The van der Waals surface area contributed by atoms with Gasteiger partial charge in [-0.05, 0) is 57.2 Å². The summed E-state index contributed by atoms with van der Waals surface area (Å²) in [5, 5.41) is 3.56. The molecule has 2 heterocycles. The van der Waals surface area contributed by atoms with Crippen molar-refractivity contribution in [3.8, 4) is 5.75 Å². The number of aromatic nitrogens is 2. The molecule has 6 nitrogen and oxygen atoms in total. The van der Waals surface area contributed by atoms with Crippen LogP contribution in [0, 0.1) is 6.92 Å². The highest BCUT2D eigenvalue weighted by atomic mass is 32.1. The van der Waals surface area contributed by atoms with Crippen molar-refractivity contribution in [1.82, 2.24) is 9.55 Å². The topological polar surface area (TPSA) is 73.2 Å². The van der Waals surface area contributed by atoms with Gasteiger partial charge in [0.25, 0.3) is 5.56 Å². The molecule has 0 radical (unpaired) electrons. The van der Waals surface area contributed by atoms with E-state index in [0.717, 1.165) is 36.1 Å². The van der Waals surface area contributed by atoms with Crippen LogP contribution in [0.2, 0.25) is 0 Å². The lowest BCUT2D eigenvalue weighted by molar-refractivity contribution is -0.116. The Balaban J connectivity index is 1.65. The van der Waals surface area contributed by atoms with Crippen LogP contribution >= 0.6 is 11.3 Å². The van der Waals surface area contributed by atoms with Crippen molar-refractivity contribution in [3.05, 3.63) is 50.9 Å². The quantitative estimate of drug-likeness (QED) is 0.713. The lowest BCUT2D eigenvalue weighted by Gasteiger charge is -2.13. The highest BCUT2D eigenvalue weighted by molar-refractivity contribution is 7.18. The molecule has 1 aliphatic carbocycles. The molecule has 0 bridgehead atoms. The summed E-state index contributed by atoms with van der Waals surface area (Å²) in [5.41, 5.74) is 1.62. The van der Waals surface area contributed by atoms with E-state index in [1.54, 1.807) is 24.3 Å². The number of benzene rings is 1. The number of nitrogens with one attached hydrogen (secondary N) is 1. The fraction of sp³-hybridized carbons (Fsp3) is 0.381. The molecular weight excluding hydrogens is 374 g/mol. The Bertz CT molecular complexity index is 1100. The average molecular weight is 398 g/mol. The Morgan fingerprint density at radius 3 is 2.89 bits per heavy atom. The average Bonchev–Trinajstić information content (AvgIpc) is 3.05. The number of amides is 1. The first-order valence-electron chi connectivity index (χ1n) is 9.62. The third kappa shape index (κ3) is 3.42. The van der Waals surface area contributed by atoms with Gasteiger partial charge in [0, 0.05) is 4.88 Å². The van der Waals surface area contributed by atoms with Crippen molar-refractivity contribution in [2.45, 2.75) is 46.1 Å². The minimum Gasteiger partial charge on any atom is -0.492 e. The lowest BCUT2D eigenvalue weighted by Crippen LogP contribution is -2.30. The largest absolute Gasteiger partial charge is 0.492 e. The highest BCUT2D eigenvalue weighted by Gasteiger charge is 2.22. The predicted molar refractivity (Wildman–Crippen MR) is 111 cm³/mol. The number of carbonyl (C=O) groups excluding carboxylic acids is 1. The minimum absolute atomic E-state index is 0.0707. The molecule has 4 rings (SSSR count). The molecule has 146 valence electrons. The van der Waals surface area contributed by atoms with Crippen molar-refractivity contribution >= 4 is 33.1 Å². The molecule has 0 atom stereocenters. The van der Waals surface area contributed by atoms with E-state index in [1.165, 1.54) is 9.44 Å². The third-order valence-corrected chi connectivity index (χ3v) is 6.21. The van der Waals surface area contributed by atoms with Crippen LogP contribution in [0.4, 0.5) is 5.69 Å². The molecule has 0 saturated carbocycles. The molecule has 7 heteroatoms. The summed E-state index contributed by atoms with van der Waals surface area (Å²) < 4.78 is 7.03. The number of para-hydroxylation sites is 2. The van der Waals surface area contributed by atoms with E-state index in [0.29, 0.717) is 29.3 Å². The second-order valence-corrected chi connectivity index (χ2v) is 8.00. The number of anilines is 1. The molecule has 0 spiro atoms. The maximum atomic E-state index is 13.2. The van der Waals surface area contributed by atoms with Crippen LogP contribution in [0.5, 0.6) is 5.75 Å². The molecule has 2 aromatic heterocycles. The molecule has 1 aromatic carbocycles. The van der Waals surface area contributed by atoms with Crippen LogP contribution in [0.3, 0.4) is 0 Å². The van der Waals surface area contributed by atoms with E-state index < -0.39 is 0 Å². The van der Waals surface area contributed by atoms with Gasteiger partial charge in [0.1, 0.15) is 22.9 Å². The Labute approximate surface area is 167 Å². The van der Waals surface area contributed by atoms with E-state index >= 15 is 0 Å². The van der Waals surface area contributed by atoms with Crippen molar-refractivity contribution in [2.75, 3.05) is 11.9 Å². The summed E-state index contributed by atoms with van der Waals surface area (Å²) in [6, 6.07) is 7.28. The van der Waals surface area contributed by atoms with Gasteiger partial charge < -0.3 is 10.1 Å². The Morgan fingerprint density at radius 2 is 2.07 bits per heavy atom. The molecule has 28 heavy (non-hydrogen) atoms. The summed E-state index contributed by atoms with van der Waals surface area (Å²) in [7, 11) is 0. The van der Waals surface area contributed by atoms with Gasteiger partial charge in [-0.15, -0.1) is 11.3 Å². The second kappa shape index (κ2) is 7.75. The summed E-state index contributed by atoms with van der Waals surface area (Å²) in [6.07, 6.45) is 4.20. The first-order valence-corrected chi connectivity index (χ1v) is 10.4. The maximum absolute atomic E-state index is 13.2. The summed E-state index contributed by atoms with van der Waals surface area (Å²) in [6.45, 7) is 4.11. The molecule has 0 saturated heterocycles. The third-order valence-electron chi connectivity index (χ3n) is 5.03. The van der Waals surface area contributed by atoms with Gasteiger partial charge in [-0.3, -0.25) is 14.2 Å². The highest BCUT2D eigenvalue weighted by Crippen LogP contribution is 2.33. The molecule has 1 amide bonds. The van der Waals surface area contributed by atoms with Gasteiger partial charge >= 0.3 is 0 Å². The van der Waals surface area contributed by atoms with E-state index in [9.17, 15) is 9.59 Å². The Kier molecular flexibility index (Phi) is 5.17. The first kappa shape index (κ1) is 18.7. The predicted octanol–water partition coefficient (Wildman–Crippen LogP) is 3.68. The summed E-state index contributed by atoms with van der Waals surface area (Å²) >= 11 is 1.62. The molecule has 3 aromatic rings. The number of aryl methyl sites for hydroxylation is 3. The summed E-state index contributed by atoms with van der Waals surface area (Å²) in [4.78, 5) is 32.5. The van der Waals surface area contributed by atoms with Gasteiger partial charge in [0.2, 0.25) is 5.91 Å². The number of thiophene rings is 1. The van der Waals surface area contributed by atoms with Gasteiger partial charge in [0.05, 0.1) is 17.7 Å². The smallest absolute Gasteiger partial charge is 0.263 e. The number of ether oxygens (including phenoxy) is 1. The number of fused-ring (bicyclic) bond motifs is 3. The lowest BCUT2D eigenvalue weighted by atomic mass is 9.97. The van der Waals surface area contributed by atoms with E-state index in [2.05, 4.69) is 10.3 Å². The monoisotopic (exact) mass is 397 g/mol. The zero-order chi connectivity index (χ0) is 19.7. The number of hydrogen-bond acceptors (Lipinski definition) is 5. The van der Waals surface area contributed by atoms with Crippen LogP contribution in [0.1, 0.15) is 36.0 Å². The van der Waals surface area contributed by atoms with Crippen molar-refractivity contribution < 1.29 is 9.53 Å². The number of carbonyl (C=O) groups is 1. The van der Waals surface area contributed by atoms with Crippen molar-refractivity contribution in [1.29, 1.82) is 0 Å². The molecule has 1 aliphatic rings. The Morgan fingerprint density at radius 1 is 1.29 bits per heavy atom. The zero-order valence-electron chi connectivity index (χ0n) is 16.1. The summed E-state index contributed by atoms with van der Waals surface area (Å²) in [5.74, 6) is 0.898.